The number of fused-ring (bicyclic) bond motifs is 1. The third kappa shape index (κ3) is 3.47. The number of rotatable bonds is 5. The van der Waals surface area contributed by atoms with Crippen molar-refractivity contribution in [2.24, 2.45) is 7.05 Å². The highest BCUT2D eigenvalue weighted by molar-refractivity contribution is 5.53. The summed E-state index contributed by atoms with van der Waals surface area (Å²) in [5.74, 6) is 0.360. The van der Waals surface area contributed by atoms with Crippen molar-refractivity contribution in [3.05, 3.63) is 58.9 Å². The molecule has 0 spiro atoms. The maximum Gasteiger partial charge on any atom is 0.293 e. The maximum atomic E-state index is 12.0. The van der Waals surface area contributed by atoms with Crippen LogP contribution in [0.3, 0.4) is 0 Å². The molecule has 26 heavy (non-hydrogen) atoms. The van der Waals surface area contributed by atoms with Crippen molar-refractivity contribution >= 4 is 11.3 Å². The summed E-state index contributed by atoms with van der Waals surface area (Å²) in [6, 6.07) is 6.08. The molecule has 0 amide bonds. The molecule has 0 aliphatic carbocycles. The molecule has 0 bridgehead atoms. The van der Waals surface area contributed by atoms with Gasteiger partial charge in [0.15, 0.2) is 5.82 Å². The lowest BCUT2D eigenvalue weighted by atomic mass is 10.2. The largest absolute Gasteiger partial charge is 0.374 e. The van der Waals surface area contributed by atoms with Gasteiger partial charge in [-0.05, 0) is 12.1 Å². The van der Waals surface area contributed by atoms with Gasteiger partial charge < -0.3 is 14.6 Å². The Labute approximate surface area is 151 Å². The van der Waals surface area contributed by atoms with Gasteiger partial charge in [0.05, 0.1) is 24.4 Å². The zero-order valence-electron chi connectivity index (χ0n) is 14.7. The van der Waals surface area contributed by atoms with Gasteiger partial charge in [0, 0.05) is 57.4 Å². The van der Waals surface area contributed by atoms with E-state index < -0.39 is 0 Å². The van der Waals surface area contributed by atoms with Crippen LogP contribution in [0.1, 0.15) is 5.56 Å². The van der Waals surface area contributed by atoms with Gasteiger partial charge >= 0.3 is 0 Å². The molecule has 1 aliphatic rings. The van der Waals surface area contributed by atoms with Crippen LogP contribution in [0.2, 0.25) is 0 Å². The number of aryl methyl sites for hydroxylation is 1. The van der Waals surface area contributed by atoms with Crippen LogP contribution < -0.4 is 10.9 Å². The number of nitrogens with zero attached hydrogens (tertiary/aromatic N) is 5. The first-order chi connectivity index (χ1) is 12.7. The number of hydrogen-bond acceptors (Lipinski definition) is 6. The van der Waals surface area contributed by atoms with Crippen molar-refractivity contribution < 1.29 is 4.74 Å². The topological polar surface area (TPSA) is 76.7 Å². The number of ether oxygens (including phenoxy) is 1. The summed E-state index contributed by atoms with van der Waals surface area (Å²) < 4.78 is 9.25. The second-order valence-electron chi connectivity index (χ2n) is 6.50. The molecule has 4 heterocycles. The molecule has 1 aliphatic heterocycles. The summed E-state index contributed by atoms with van der Waals surface area (Å²) in [6.07, 6.45) is 7.15. The third-order valence-electron chi connectivity index (χ3n) is 4.64. The van der Waals surface area contributed by atoms with Crippen LogP contribution >= 0.6 is 0 Å². The van der Waals surface area contributed by atoms with E-state index in [0.29, 0.717) is 19.0 Å². The maximum absolute atomic E-state index is 12.0. The van der Waals surface area contributed by atoms with E-state index in [1.807, 2.05) is 29.0 Å². The Bertz CT molecular complexity index is 950. The fourth-order valence-corrected chi connectivity index (χ4v) is 3.23. The second-order valence-corrected chi connectivity index (χ2v) is 6.50. The predicted octanol–water partition coefficient (Wildman–Crippen LogP) is 0.741. The minimum atomic E-state index is -0.133. The minimum absolute atomic E-state index is 0.0114. The molecule has 1 saturated heterocycles. The van der Waals surface area contributed by atoms with Crippen LogP contribution in [0.4, 0.5) is 5.82 Å². The average molecular weight is 354 g/mol. The summed E-state index contributed by atoms with van der Waals surface area (Å²) in [5, 5.41) is 7.52. The fraction of sp³-hybridized carbons (Fsp3) is 0.389. The molecule has 8 nitrogen and oxygen atoms in total. The van der Waals surface area contributed by atoms with E-state index in [-0.39, 0.29) is 11.7 Å². The molecule has 3 aromatic heterocycles. The van der Waals surface area contributed by atoms with Crippen molar-refractivity contribution in [2.75, 3.05) is 31.6 Å². The van der Waals surface area contributed by atoms with E-state index in [9.17, 15) is 4.79 Å². The molecule has 136 valence electrons. The van der Waals surface area contributed by atoms with Crippen molar-refractivity contribution in [3.8, 4) is 0 Å². The highest BCUT2D eigenvalue weighted by Gasteiger charge is 2.21. The highest BCUT2D eigenvalue weighted by atomic mass is 16.5. The number of morpholine rings is 1. The second kappa shape index (κ2) is 7.27. The Morgan fingerprint density at radius 1 is 1.35 bits per heavy atom. The van der Waals surface area contributed by atoms with Crippen molar-refractivity contribution in [1.82, 2.24) is 24.1 Å². The molecule has 0 aromatic carbocycles. The number of hydrogen-bond donors (Lipinski definition) is 1. The third-order valence-corrected chi connectivity index (χ3v) is 4.64. The Balaban J connectivity index is 1.38. The normalized spacial score (nSPS) is 18.3. The molecule has 8 heteroatoms. The van der Waals surface area contributed by atoms with E-state index in [1.165, 1.54) is 10.1 Å². The van der Waals surface area contributed by atoms with Gasteiger partial charge in [-0.2, -0.15) is 5.10 Å². The van der Waals surface area contributed by atoms with Crippen LogP contribution in [0.5, 0.6) is 0 Å². The minimum Gasteiger partial charge on any atom is -0.374 e. The highest BCUT2D eigenvalue weighted by Crippen LogP contribution is 2.15. The predicted molar refractivity (Wildman–Crippen MR) is 98.2 cm³/mol. The molecule has 0 unspecified atom stereocenters. The molecule has 0 radical (unpaired) electrons. The van der Waals surface area contributed by atoms with E-state index in [1.54, 1.807) is 19.4 Å². The Morgan fingerprint density at radius 2 is 2.27 bits per heavy atom. The van der Waals surface area contributed by atoms with E-state index in [0.717, 1.165) is 25.2 Å². The van der Waals surface area contributed by atoms with Crippen LogP contribution in [0.25, 0.3) is 5.52 Å². The molecule has 1 atom stereocenters. The molecule has 4 rings (SSSR count). The SMILES string of the molecule is Cn1ccnc(NC[C@H]2CN(Cc3cnn4ccccc34)CCO2)c1=O. The Morgan fingerprint density at radius 3 is 3.19 bits per heavy atom. The first kappa shape index (κ1) is 16.7. The smallest absolute Gasteiger partial charge is 0.293 e. The molecule has 0 saturated carbocycles. The lowest BCUT2D eigenvalue weighted by Crippen LogP contribution is -2.45. The van der Waals surface area contributed by atoms with Crippen LogP contribution in [-0.4, -0.2) is 56.4 Å². The van der Waals surface area contributed by atoms with Crippen molar-refractivity contribution in [1.29, 1.82) is 0 Å². The lowest BCUT2D eigenvalue weighted by molar-refractivity contribution is -0.0239. The van der Waals surface area contributed by atoms with Gasteiger partial charge in [-0.25, -0.2) is 9.50 Å². The number of anilines is 1. The zero-order valence-corrected chi connectivity index (χ0v) is 14.7. The first-order valence-electron chi connectivity index (χ1n) is 8.71. The standard InChI is InChI=1S/C18H22N6O2/c1-22-7-5-19-17(18(22)25)20-11-15-13-23(8-9-26-15)12-14-10-21-24-6-3-2-4-16(14)24/h2-7,10,15H,8-9,11-13H2,1H3,(H,19,20)/t15-/m0/s1. The van der Waals surface area contributed by atoms with E-state index in [4.69, 9.17) is 4.74 Å². The first-order valence-corrected chi connectivity index (χ1v) is 8.71. The average Bonchev–Trinajstić information content (AvgIpc) is 3.06. The Kier molecular flexibility index (Phi) is 4.68. The summed E-state index contributed by atoms with van der Waals surface area (Å²) in [7, 11) is 1.71. The molecule has 1 fully saturated rings. The number of aromatic nitrogens is 4. The van der Waals surface area contributed by atoms with Gasteiger partial charge in [0.2, 0.25) is 0 Å². The molecule has 1 N–H and O–H groups in total. The number of pyridine rings is 1. The van der Waals surface area contributed by atoms with E-state index >= 15 is 0 Å². The van der Waals surface area contributed by atoms with Crippen LogP contribution in [-0.2, 0) is 18.3 Å². The van der Waals surface area contributed by atoms with Crippen molar-refractivity contribution in [2.45, 2.75) is 12.6 Å². The summed E-state index contributed by atoms with van der Waals surface area (Å²) in [4.78, 5) is 18.5. The zero-order chi connectivity index (χ0) is 17.9. The van der Waals surface area contributed by atoms with Crippen molar-refractivity contribution in [3.63, 3.8) is 0 Å². The monoisotopic (exact) mass is 354 g/mol. The fourth-order valence-electron chi connectivity index (χ4n) is 3.23. The summed E-state index contributed by atoms with van der Waals surface area (Å²) in [5.41, 5.74) is 2.20. The number of nitrogens with one attached hydrogen (secondary N) is 1. The van der Waals surface area contributed by atoms with Crippen LogP contribution in [0.15, 0.2) is 47.8 Å². The quantitative estimate of drug-likeness (QED) is 0.728. The van der Waals surface area contributed by atoms with E-state index in [2.05, 4.69) is 26.4 Å². The molecular formula is C18H22N6O2. The Hall–Kier alpha value is -2.71. The van der Waals surface area contributed by atoms with Gasteiger partial charge in [-0.15, -0.1) is 0 Å². The van der Waals surface area contributed by atoms with Crippen LogP contribution in [0, 0.1) is 0 Å². The van der Waals surface area contributed by atoms with Gasteiger partial charge in [0.25, 0.3) is 5.56 Å². The van der Waals surface area contributed by atoms with Gasteiger partial charge in [0.1, 0.15) is 0 Å². The van der Waals surface area contributed by atoms with Gasteiger partial charge in [-0.3, -0.25) is 9.69 Å². The lowest BCUT2D eigenvalue weighted by Gasteiger charge is -2.32. The van der Waals surface area contributed by atoms with Gasteiger partial charge in [-0.1, -0.05) is 6.07 Å². The summed E-state index contributed by atoms with van der Waals surface area (Å²) in [6.45, 7) is 3.73. The molecular weight excluding hydrogens is 332 g/mol. The molecule has 3 aromatic rings. The summed E-state index contributed by atoms with van der Waals surface area (Å²) >= 11 is 0.